The Hall–Kier alpha value is -2.12. The maximum absolute atomic E-state index is 12.5. The third-order valence-corrected chi connectivity index (χ3v) is 4.62. The average molecular weight is 377 g/mol. The maximum Gasteiger partial charge on any atom is 0.322 e. The number of hydrogen-bond acceptors (Lipinski definition) is 4. The zero-order valence-electron chi connectivity index (χ0n) is 16.3. The Morgan fingerprint density at radius 3 is 2.70 bits per heavy atom. The number of unbranched alkanes of at least 4 members (excludes halogenated alkanes) is 2. The fourth-order valence-corrected chi connectivity index (χ4v) is 3.19. The largest absolute Gasteiger partial charge is 0.480 e. The van der Waals surface area contributed by atoms with Crippen molar-refractivity contribution in [3.05, 3.63) is 29.8 Å². The predicted molar refractivity (Wildman–Crippen MR) is 105 cm³/mol. The minimum absolute atomic E-state index is 0.0450. The summed E-state index contributed by atoms with van der Waals surface area (Å²) in [4.78, 5) is 26.7. The van der Waals surface area contributed by atoms with Crippen molar-refractivity contribution in [2.24, 2.45) is 0 Å². The molecule has 1 aromatic rings. The molecule has 0 bridgehead atoms. The topological polar surface area (TPSA) is 82.1 Å². The summed E-state index contributed by atoms with van der Waals surface area (Å²) in [6.45, 7) is 4.05. The molecule has 2 N–H and O–H groups in total. The number of hydrogen-bond donors (Lipinski definition) is 2. The number of carboxylic acid groups (broad SMARTS) is 1. The van der Waals surface area contributed by atoms with Crippen LogP contribution < -0.4 is 5.32 Å². The Labute approximate surface area is 161 Å². The lowest BCUT2D eigenvalue weighted by Gasteiger charge is -2.34. The van der Waals surface area contributed by atoms with Crippen LogP contribution in [0.1, 0.15) is 31.7 Å². The lowest BCUT2D eigenvalue weighted by molar-refractivity contribution is -0.138. The fourth-order valence-electron chi connectivity index (χ4n) is 3.19. The Kier molecular flexibility index (Phi) is 8.54. The number of anilines is 1. The van der Waals surface area contributed by atoms with Crippen molar-refractivity contribution in [3.63, 3.8) is 0 Å². The van der Waals surface area contributed by atoms with Crippen LogP contribution in [0.4, 0.5) is 10.5 Å². The molecule has 0 spiro atoms. The van der Waals surface area contributed by atoms with Crippen LogP contribution in [0, 0.1) is 0 Å². The number of ether oxygens (including phenoxy) is 1. The van der Waals surface area contributed by atoms with Crippen molar-refractivity contribution in [1.29, 1.82) is 0 Å². The molecule has 7 nitrogen and oxygen atoms in total. The molecule has 1 heterocycles. The molecule has 1 aromatic carbocycles. The Bertz CT molecular complexity index is 606. The molecule has 1 fully saturated rings. The molecule has 0 aliphatic carbocycles. The maximum atomic E-state index is 12.5. The van der Waals surface area contributed by atoms with Crippen molar-refractivity contribution in [2.45, 2.75) is 38.7 Å². The van der Waals surface area contributed by atoms with Crippen molar-refractivity contribution >= 4 is 17.7 Å². The van der Waals surface area contributed by atoms with Gasteiger partial charge >= 0.3 is 12.0 Å². The summed E-state index contributed by atoms with van der Waals surface area (Å²) < 4.78 is 5.67. The number of amides is 2. The Balaban J connectivity index is 1.81. The van der Waals surface area contributed by atoms with Crippen LogP contribution >= 0.6 is 0 Å². The van der Waals surface area contributed by atoms with Crippen LogP contribution in [0.5, 0.6) is 0 Å². The molecule has 1 aliphatic rings. The van der Waals surface area contributed by atoms with Crippen molar-refractivity contribution in [3.8, 4) is 0 Å². The second-order valence-electron chi connectivity index (χ2n) is 7.11. The normalized spacial score (nSPS) is 17.1. The van der Waals surface area contributed by atoms with Gasteiger partial charge in [0.05, 0.1) is 19.3 Å². The number of carbonyl (C=O) groups is 2. The van der Waals surface area contributed by atoms with Gasteiger partial charge in [-0.3, -0.25) is 9.69 Å². The van der Waals surface area contributed by atoms with Crippen LogP contribution in [0.25, 0.3) is 0 Å². The van der Waals surface area contributed by atoms with Crippen LogP contribution in [-0.4, -0.2) is 72.8 Å². The number of urea groups is 1. The lowest BCUT2D eigenvalue weighted by Crippen LogP contribution is -2.50. The van der Waals surface area contributed by atoms with E-state index in [1.807, 2.05) is 12.1 Å². The van der Waals surface area contributed by atoms with E-state index in [1.54, 1.807) is 16.8 Å². The fraction of sp³-hybridized carbons (Fsp3) is 0.600. The molecule has 1 saturated heterocycles. The van der Waals surface area contributed by atoms with Crippen molar-refractivity contribution in [1.82, 2.24) is 9.80 Å². The second-order valence-corrected chi connectivity index (χ2v) is 7.11. The summed E-state index contributed by atoms with van der Waals surface area (Å²) in [6, 6.07) is 7.86. The molecule has 2 amide bonds. The predicted octanol–water partition coefficient (Wildman–Crippen LogP) is 2.67. The Morgan fingerprint density at radius 2 is 2.04 bits per heavy atom. The summed E-state index contributed by atoms with van der Waals surface area (Å²) in [5, 5.41) is 11.8. The molecule has 0 saturated carbocycles. The first-order valence-electron chi connectivity index (χ1n) is 9.64. The van der Waals surface area contributed by atoms with E-state index in [0.717, 1.165) is 12.1 Å². The Morgan fingerprint density at radius 1 is 1.30 bits per heavy atom. The van der Waals surface area contributed by atoms with E-state index in [0.29, 0.717) is 26.2 Å². The van der Waals surface area contributed by atoms with Crippen LogP contribution in [-0.2, 0) is 16.0 Å². The van der Waals surface area contributed by atoms with Crippen LogP contribution in [0.15, 0.2) is 24.3 Å². The minimum atomic E-state index is -0.874. The van der Waals surface area contributed by atoms with Gasteiger partial charge in [-0.1, -0.05) is 31.9 Å². The average Bonchev–Trinajstić information content (AvgIpc) is 2.63. The van der Waals surface area contributed by atoms with Gasteiger partial charge < -0.3 is 20.1 Å². The van der Waals surface area contributed by atoms with E-state index < -0.39 is 5.97 Å². The zero-order chi connectivity index (χ0) is 19.6. The standard InChI is InChI=1S/C20H31N3O4/c1-3-4-5-6-16-7-9-17(10-8-16)21-20(26)23-11-12-27-18(14-23)13-22(2)15-19(24)25/h7-10,18H,3-6,11-15H2,1-2H3,(H,21,26)(H,24,25). The first-order chi connectivity index (χ1) is 13.0. The zero-order valence-corrected chi connectivity index (χ0v) is 16.3. The highest BCUT2D eigenvalue weighted by Gasteiger charge is 2.25. The van der Waals surface area contributed by atoms with Gasteiger partial charge in [-0.2, -0.15) is 0 Å². The number of carbonyl (C=O) groups excluding carboxylic acids is 1. The van der Waals surface area contributed by atoms with E-state index in [-0.39, 0.29) is 18.7 Å². The molecule has 2 rings (SSSR count). The van der Waals surface area contributed by atoms with Gasteiger partial charge in [-0.05, 0) is 37.6 Å². The van der Waals surface area contributed by atoms with E-state index in [4.69, 9.17) is 9.84 Å². The third kappa shape index (κ3) is 7.56. The molecular formula is C20H31N3O4. The summed E-state index contributed by atoms with van der Waals surface area (Å²) in [7, 11) is 1.73. The molecule has 27 heavy (non-hydrogen) atoms. The van der Waals surface area contributed by atoms with E-state index >= 15 is 0 Å². The molecule has 1 atom stereocenters. The van der Waals surface area contributed by atoms with Crippen molar-refractivity contribution in [2.75, 3.05) is 45.2 Å². The SMILES string of the molecule is CCCCCc1ccc(NC(=O)N2CCOC(CN(C)CC(=O)O)C2)cc1. The van der Waals surface area contributed by atoms with Gasteiger partial charge in [0.1, 0.15) is 0 Å². The quantitative estimate of drug-likeness (QED) is 0.647. The summed E-state index contributed by atoms with van der Waals surface area (Å²) in [6.07, 6.45) is 4.51. The number of benzene rings is 1. The lowest BCUT2D eigenvalue weighted by atomic mass is 10.1. The van der Waals surface area contributed by atoms with Gasteiger partial charge in [0, 0.05) is 25.3 Å². The number of nitrogens with one attached hydrogen (secondary N) is 1. The van der Waals surface area contributed by atoms with Gasteiger partial charge in [0.25, 0.3) is 0 Å². The molecule has 0 aromatic heterocycles. The third-order valence-electron chi connectivity index (χ3n) is 4.62. The van der Waals surface area contributed by atoms with Gasteiger partial charge in [-0.15, -0.1) is 0 Å². The van der Waals surface area contributed by atoms with E-state index in [9.17, 15) is 9.59 Å². The van der Waals surface area contributed by atoms with Crippen LogP contribution in [0.2, 0.25) is 0 Å². The highest BCUT2D eigenvalue weighted by molar-refractivity contribution is 5.89. The first-order valence-corrected chi connectivity index (χ1v) is 9.64. The number of likely N-dealkylation sites (N-methyl/N-ethyl adjacent to an activating group) is 1. The molecule has 0 radical (unpaired) electrons. The molecule has 1 aliphatic heterocycles. The number of morpholine rings is 1. The number of carboxylic acids is 1. The van der Waals surface area contributed by atoms with Crippen molar-refractivity contribution < 1.29 is 19.4 Å². The highest BCUT2D eigenvalue weighted by Crippen LogP contribution is 2.14. The number of rotatable bonds is 9. The van der Waals surface area contributed by atoms with Gasteiger partial charge in [0.2, 0.25) is 0 Å². The summed E-state index contributed by atoms with van der Waals surface area (Å²) in [5.41, 5.74) is 2.07. The monoisotopic (exact) mass is 377 g/mol. The number of aliphatic carboxylic acids is 1. The molecule has 150 valence electrons. The molecule has 1 unspecified atom stereocenters. The van der Waals surface area contributed by atoms with E-state index in [2.05, 4.69) is 24.4 Å². The van der Waals surface area contributed by atoms with Gasteiger partial charge in [-0.25, -0.2) is 4.79 Å². The number of aryl methyl sites for hydroxylation is 1. The molecular weight excluding hydrogens is 346 g/mol. The molecule has 7 heteroatoms. The summed E-state index contributed by atoms with van der Waals surface area (Å²) in [5.74, 6) is -0.874. The first kappa shape index (κ1) is 21.2. The highest BCUT2D eigenvalue weighted by atomic mass is 16.5. The van der Waals surface area contributed by atoms with Crippen LogP contribution in [0.3, 0.4) is 0 Å². The number of nitrogens with zero attached hydrogens (tertiary/aromatic N) is 2. The smallest absolute Gasteiger partial charge is 0.322 e. The minimum Gasteiger partial charge on any atom is -0.480 e. The second kappa shape index (κ2) is 10.9. The summed E-state index contributed by atoms with van der Waals surface area (Å²) >= 11 is 0. The van der Waals surface area contributed by atoms with Gasteiger partial charge in [0.15, 0.2) is 0 Å². The van der Waals surface area contributed by atoms with E-state index in [1.165, 1.54) is 24.8 Å².